The predicted octanol–water partition coefficient (Wildman–Crippen LogP) is 4.13. The number of phenols is 1. The van der Waals surface area contributed by atoms with Crippen LogP contribution in [0.25, 0.3) is 10.8 Å². The Hall–Kier alpha value is -1.50. The van der Waals surface area contributed by atoms with Gasteiger partial charge >= 0.3 is 0 Å². The summed E-state index contributed by atoms with van der Waals surface area (Å²) in [7, 11) is 0. The fourth-order valence-electron chi connectivity index (χ4n) is 1.50. The SMILES string of the molecule is CC.CCc1ccc2cc(O)ccc2c1. The summed E-state index contributed by atoms with van der Waals surface area (Å²) in [5.74, 6) is 0.330. The summed E-state index contributed by atoms with van der Waals surface area (Å²) in [6.07, 6.45) is 1.05. The summed E-state index contributed by atoms with van der Waals surface area (Å²) in [5.41, 5.74) is 1.33. The number of aromatic hydroxyl groups is 1. The molecule has 15 heavy (non-hydrogen) atoms. The molecule has 1 N–H and O–H groups in total. The minimum absolute atomic E-state index is 0.330. The zero-order valence-corrected chi connectivity index (χ0v) is 9.62. The first kappa shape index (κ1) is 11.6. The average Bonchev–Trinajstić information content (AvgIpc) is 2.31. The number of fused-ring (bicyclic) bond motifs is 1. The maximum Gasteiger partial charge on any atom is 0.116 e. The van der Waals surface area contributed by atoms with E-state index in [2.05, 4.69) is 19.1 Å². The molecule has 2 rings (SSSR count). The van der Waals surface area contributed by atoms with E-state index < -0.39 is 0 Å². The van der Waals surface area contributed by atoms with Gasteiger partial charge < -0.3 is 5.11 Å². The minimum Gasteiger partial charge on any atom is -0.508 e. The zero-order valence-electron chi connectivity index (χ0n) is 9.62. The third-order valence-corrected chi connectivity index (χ3v) is 2.30. The maximum absolute atomic E-state index is 9.26. The highest BCUT2D eigenvalue weighted by molar-refractivity contribution is 5.84. The van der Waals surface area contributed by atoms with Crippen molar-refractivity contribution in [2.24, 2.45) is 0 Å². The molecule has 0 fully saturated rings. The summed E-state index contributed by atoms with van der Waals surface area (Å²) in [4.78, 5) is 0. The Labute approximate surface area is 91.4 Å². The van der Waals surface area contributed by atoms with Gasteiger partial charge in [-0.3, -0.25) is 0 Å². The number of rotatable bonds is 1. The van der Waals surface area contributed by atoms with Crippen molar-refractivity contribution in [2.45, 2.75) is 27.2 Å². The second kappa shape index (κ2) is 5.40. The first-order valence-electron chi connectivity index (χ1n) is 5.51. The maximum atomic E-state index is 9.26. The van der Waals surface area contributed by atoms with Crippen molar-refractivity contribution in [3.05, 3.63) is 42.0 Å². The van der Waals surface area contributed by atoms with Crippen LogP contribution < -0.4 is 0 Å². The standard InChI is InChI=1S/C12H12O.C2H6/c1-2-9-3-4-11-8-12(13)6-5-10(11)7-9;1-2/h3-8,13H,2H2,1H3;1-2H3. The lowest BCUT2D eigenvalue weighted by Crippen LogP contribution is -1.79. The van der Waals surface area contributed by atoms with Crippen LogP contribution >= 0.6 is 0 Å². The molecule has 0 spiro atoms. The number of benzene rings is 2. The van der Waals surface area contributed by atoms with Crippen LogP contribution in [-0.2, 0) is 6.42 Å². The molecule has 80 valence electrons. The quantitative estimate of drug-likeness (QED) is 0.737. The molecular weight excluding hydrogens is 184 g/mol. The van der Waals surface area contributed by atoms with E-state index in [0.29, 0.717) is 5.75 Å². The van der Waals surface area contributed by atoms with Gasteiger partial charge in [-0.1, -0.05) is 45.0 Å². The predicted molar refractivity (Wildman–Crippen MR) is 66.3 cm³/mol. The molecule has 0 aromatic heterocycles. The molecule has 0 aliphatic rings. The van der Waals surface area contributed by atoms with E-state index in [1.165, 1.54) is 10.9 Å². The molecule has 0 aliphatic heterocycles. The van der Waals surface area contributed by atoms with E-state index >= 15 is 0 Å². The molecule has 1 heteroatoms. The summed E-state index contributed by atoms with van der Waals surface area (Å²) < 4.78 is 0. The van der Waals surface area contributed by atoms with Crippen LogP contribution in [0.15, 0.2) is 36.4 Å². The zero-order chi connectivity index (χ0) is 11.3. The Morgan fingerprint density at radius 3 is 2.20 bits per heavy atom. The minimum atomic E-state index is 0.330. The number of phenolic OH excluding ortho intramolecular Hbond substituents is 1. The number of hydrogen-bond donors (Lipinski definition) is 1. The first-order valence-corrected chi connectivity index (χ1v) is 5.51. The van der Waals surface area contributed by atoms with Gasteiger partial charge in [-0.25, -0.2) is 0 Å². The van der Waals surface area contributed by atoms with Gasteiger partial charge in [0.1, 0.15) is 5.75 Å². The van der Waals surface area contributed by atoms with Crippen LogP contribution in [0.2, 0.25) is 0 Å². The van der Waals surface area contributed by atoms with Crippen molar-refractivity contribution >= 4 is 10.8 Å². The van der Waals surface area contributed by atoms with Crippen molar-refractivity contribution in [1.29, 1.82) is 0 Å². The highest BCUT2D eigenvalue weighted by Gasteiger charge is 1.95. The monoisotopic (exact) mass is 202 g/mol. The second-order valence-electron chi connectivity index (χ2n) is 3.22. The molecule has 0 amide bonds. The molecule has 0 atom stereocenters. The van der Waals surface area contributed by atoms with Gasteiger partial charge in [-0.2, -0.15) is 0 Å². The summed E-state index contributed by atoms with van der Waals surface area (Å²) in [6, 6.07) is 11.8. The highest BCUT2D eigenvalue weighted by atomic mass is 16.3. The van der Waals surface area contributed by atoms with E-state index in [-0.39, 0.29) is 0 Å². The fourth-order valence-corrected chi connectivity index (χ4v) is 1.50. The van der Waals surface area contributed by atoms with Crippen LogP contribution in [-0.4, -0.2) is 5.11 Å². The van der Waals surface area contributed by atoms with Gasteiger partial charge in [0.15, 0.2) is 0 Å². The van der Waals surface area contributed by atoms with Crippen LogP contribution in [0.3, 0.4) is 0 Å². The van der Waals surface area contributed by atoms with Gasteiger partial charge in [0.25, 0.3) is 0 Å². The molecule has 0 bridgehead atoms. The van der Waals surface area contributed by atoms with Crippen molar-refractivity contribution in [3.8, 4) is 5.75 Å². The lowest BCUT2D eigenvalue weighted by atomic mass is 10.1. The van der Waals surface area contributed by atoms with Crippen molar-refractivity contribution < 1.29 is 5.11 Å². The first-order chi connectivity index (χ1) is 7.29. The van der Waals surface area contributed by atoms with Gasteiger partial charge in [-0.15, -0.1) is 0 Å². The van der Waals surface area contributed by atoms with Gasteiger partial charge in [0.05, 0.1) is 0 Å². The van der Waals surface area contributed by atoms with Crippen LogP contribution in [0, 0.1) is 0 Å². The van der Waals surface area contributed by atoms with E-state index in [1.54, 1.807) is 12.1 Å². The molecular formula is C14H18O. The molecule has 0 heterocycles. The molecule has 0 unspecified atom stereocenters. The number of aryl methyl sites for hydroxylation is 1. The van der Waals surface area contributed by atoms with Gasteiger partial charge in [-0.05, 0) is 34.9 Å². The van der Waals surface area contributed by atoms with E-state index in [1.807, 2.05) is 26.0 Å². The van der Waals surface area contributed by atoms with Crippen molar-refractivity contribution in [3.63, 3.8) is 0 Å². The smallest absolute Gasteiger partial charge is 0.116 e. The Bertz CT molecular complexity index is 432. The topological polar surface area (TPSA) is 20.2 Å². The molecule has 0 saturated heterocycles. The van der Waals surface area contributed by atoms with Crippen molar-refractivity contribution in [2.75, 3.05) is 0 Å². The summed E-state index contributed by atoms with van der Waals surface area (Å²) >= 11 is 0. The third-order valence-electron chi connectivity index (χ3n) is 2.30. The molecule has 0 aliphatic carbocycles. The van der Waals surface area contributed by atoms with Crippen molar-refractivity contribution in [1.82, 2.24) is 0 Å². The van der Waals surface area contributed by atoms with Gasteiger partial charge in [0, 0.05) is 0 Å². The van der Waals surface area contributed by atoms with E-state index in [0.717, 1.165) is 11.8 Å². The Balaban J connectivity index is 0.000000531. The van der Waals surface area contributed by atoms with Crippen LogP contribution in [0.4, 0.5) is 0 Å². The van der Waals surface area contributed by atoms with E-state index in [9.17, 15) is 5.11 Å². The number of hydrogen-bond acceptors (Lipinski definition) is 1. The normalized spacial score (nSPS) is 9.53. The molecule has 0 saturated carbocycles. The molecule has 1 nitrogen and oxygen atoms in total. The average molecular weight is 202 g/mol. The van der Waals surface area contributed by atoms with Crippen LogP contribution in [0.1, 0.15) is 26.3 Å². The largest absolute Gasteiger partial charge is 0.508 e. The Kier molecular flexibility index (Phi) is 4.17. The Morgan fingerprint density at radius 1 is 0.933 bits per heavy atom. The van der Waals surface area contributed by atoms with Gasteiger partial charge in [0.2, 0.25) is 0 Å². The third kappa shape index (κ3) is 2.72. The summed E-state index contributed by atoms with van der Waals surface area (Å²) in [5, 5.41) is 11.5. The lowest BCUT2D eigenvalue weighted by Gasteiger charge is -2.01. The second-order valence-corrected chi connectivity index (χ2v) is 3.22. The van der Waals surface area contributed by atoms with E-state index in [4.69, 9.17) is 0 Å². The summed E-state index contributed by atoms with van der Waals surface area (Å²) in [6.45, 7) is 6.14. The lowest BCUT2D eigenvalue weighted by molar-refractivity contribution is 0.476. The van der Waals surface area contributed by atoms with Crippen LogP contribution in [0.5, 0.6) is 5.75 Å². The molecule has 2 aromatic carbocycles. The Morgan fingerprint density at radius 2 is 1.53 bits per heavy atom. The molecule has 0 radical (unpaired) electrons. The highest BCUT2D eigenvalue weighted by Crippen LogP contribution is 2.20. The fraction of sp³-hybridized carbons (Fsp3) is 0.286. The molecule has 2 aromatic rings.